The van der Waals surface area contributed by atoms with Gasteiger partial charge in [0.25, 0.3) is 0 Å². The standard InChI is InChI=1S/C18H18N4O2/c1-22-11-16(20-21-22)12-4-5-13-10-19-15(8-14(13)7-12)9-17(23)18-3-2-6-24-18/h4-5,7-8,10-11,18H,2-3,6,9H2,1H3/t18-/m1/s1. The first-order chi connectivity index (χ1) is 11.7. The Kier molecular flexibility index (Phi) is 3.82. The number of carbonyl (C=O) groups is 1. The van der Waals surface area contributed by atoms with Crippen LogP contribution < -0.4 is 0 Å². The van der Waals surface area contributed by atoms with Crippen LogP contribution in [0.2, 0.25) is 0 Å². The lowest BCUT2D eigenvalue weighted by atomic mass is 10.0. The molecule has 1 aromatic carbocycles. The number of Topliss-reactive ketones (excluding diaryl/α,β-unsaturated/α-hetero) is 1. The zero-order chi connectivity index (χ0) is 16.5. The van der Waals surface area contributed by atoms with Gasteiger partial charge >= 0.3 is 0 Å². The van der Waals surface area contributed by atoms with Crippen LogP contribution in [0.15, 0.2) is 36.7 Å². The molecule has 24 heavy (non-hydrogen) atoms. The third-order valence-corrected chi connectivity index (χ3v) is 4.32. The lowest BCUT2D eigenvalue weighted by Gasteiger charge is -2.08. The number of rotatable bonds is 4. The number of aromatic nitrogens is 4. The molecule has 1 saturated heterocycles. The molecule has 1 aliphatic rings. The first-order valence-electron chi connectivity index (χ1n) is 8.09. The lowest BCUT2D eigenvalue weighted by molar-refractivity contribution is -0.127. The summed E-state index contributed by atoms with van der Waals surface area (Å²) >= 11 is 0. The van der Waals surface area contributed by atoms with E-state index in [1.165, 1.54) is 0 Å². The van der Waals surface area contributed by atoms with Gasteiger partial charge in [0.1, 0.15) is 11.8 Å². The average Bonchev–Trinajstić information content (AvgIpc) is 3.25. The Balaban J connectivity index is 1.62. The van der Waals surface area contributed by atoms with Crippen LogP contribution in [0.3, 0.4) is 0 Å². The van der Waals surface area contributed by atoms with Crippen molar-refractivity contribution in [3.05, 3.63) is 42.4 Å². The maximum Gasteiger partial charge on any atom is 0.167 e. The van der Waals surface area contributed by atoms with Gasteiger partial charge in [-0.2, -0.15) is 0 Å². The fourth-order valence-electron chi connectivity index (χ4n) is 3.05. The molecule has 3 aromatic rings. The van der Waals surface area contributed by atoms with Gasteiger partial charge in [-0.1, -0.05) is 17.3 Å². The summed E-state index contributed by atoms with van der Waals surface area (Å²) in [7, 11) is 1.84. The Labute approximate surface area is 139 Å². The van der Waals surface area contributed by atoms with E-state index in [2.05, 4.69) is 21.4 Å². The second kappa shape index (κ2) is 6.13. The molecule has 0 unspecified atom stereocenters. The maximum absolute atomic E-state index is 12.3. The molecule has 0 amide bonds. The highest BCUT2D eigenvalue weighted by atomic mass is 16.5. The first-order valence-corrected chi connectivity index (χ1v) is 8.09. The van der Waals surface area contributed by atoms with Gasteiger partial charge in [-0.15, -0.1) is 5.10 Å². The van der Waals surface area contributed by atoms with E-state index in [4.69, 9.17) is 4.74 Å². The van der Waals surface area contributed by atoms with Crippen molar-refractivity contribution in [2.45, 2.75) is 25.4 Å². The van der Waals surface area contributed by atoms with E-state index in [1.54, 1.807) is 4.68 Å². The van der Waals surface area contributed by atoms with Crippen LogP contribution in [0.4, 0.5) is 0 Å². The molecule has 0 saturated carbocycles. The Morgan fingerprint density at radius 1 is 1.33 bits per heavy atom. The monoisotopic (exact) mass is 322 g/mol. The second-order valence-electron chi connectivity index (χ2n) is 6.16. The highest BCUT2D eigenvalue weighted by molar-refractivity contribution is 5.89. The van der Waals surface area contributed by atoms with E-state index in [0.717, 1.165) is 40.6 Å². The van der Waals surface area contributed by atoms with Gasteiger partial charge in [0.2, 0.25) is 0 Å². The van der Waals surface area contributed by atoms with Crippen molar-refractivity contribution < 1.29 is 9.53 Å². The fraction of sp³-hybridized carbons (Fsp3) is 0.333. The van der Waals surface area contributed by atoms with Gasteiger partial charge in [-0.25, -0.2) is 0 Å². The SMILES string of the molecule is Cn1cc(-c2ccc3cnc(CC(=O)[C@H]4CCCO4)cc3c2)nn1. The molecule has 6 heteroatoms. The van der Waals surface area contributed by atoms with Crippen molar-refractivity contribution in [2.24, 2.45) is 7.05 Å². The minimum absolute atomic E-state index is 0.115. The van der Waals surface area contributed by atoms with E-state index < -0.39 is 0 Å². The molecular formula is C18H18N4O2. The molecular weight excluding hydrogens is 304 g/mol. The Hall–Kier alpha value is -2.60. The first kappa shape index (κ1) is 15.0. The largest absolute Gasteiger partial charge is 0.370 e. The number of pyridine rings is 1. The van der Waals surface area contributed by atoms with Crippen LogP contribution in [-0.4, -0.2) is 38.5 Å². The minimum atomic E-state index is -0.256. The number of benzene rings is 1. The molecule has 0 radical (unpaired) electrons. The van der Waals surface area contributed by atoms with Gasteiger partial charge in [0, 0.05) is 36.5 Å². The Bertz CT molecular complexity index is 897. The van der Waals surface area contributed by atoms with E-state index in [9.17, 15) is 4.79 Å². The third-order valence-electron chi connectivity index (χ3n) is 4.32. The molecule has 4 rings (SSSR count). The zero-order valence-electron chi connectivity index (χ0n) is 13.5. The summed E-state index contributed by atoms with van der Waals surface area (Å²) in [4.78, 5) is 16.7. The molecule has 0 spiro atoms. The minimum Gasteiger partial charge on any atom is -0.370 e. The number of hydrogen-bond acceptors (Lipinski definition) is 5. The molecule has 1 fully saturated rings. The van der Waals surface area contributed by atoms with Crippen LogP contribution in [0.1, 0.15) is 18.5 Å². The number of fused-ring (bicyclic) bond motifs is 1. The number of aryl methyl sites for hydroxylation is 1. The van der Waals surface area contributed by atoms with Crippen LogP contribution in [0.5, 0.6) is 0 Å². The predicted octanol–water partition coefficient (Wildman–Crippen LogP) is 2.32. The summed E-state index contributed by atoms with van der Waals surface area (Å²) in [6.07, 6.45) is 5.54. The van der Waals surface area contributed by atoms with Crippen LogP contribution >= 0.6 is 0 Å². The summed E-state index contributed by atoms with van der Waals surface area (Å²) in [5.74, 6) is 0.115. The highest BCUT2D eigenvalue weighted by Gasteiger charge is 2.23. The molecule has 2 aromatic heterocycles. The van der Waals surface area contributed by atoms with Crippen molar-refractivity contribution >= 4 is 16.6 Å². The van der Waals surface area contributed by atoms with Gasteiger partial charge in [0.05, 0.1) is 12.6 Å². The Morgan fingerprint density at radius 3 is 3.00 bits per heavy atom. The second-order valence-corrected chi connectivity index (χ2v) is 6.16. The van der Waals surface area contributed by atoms with Crippen molar-refractivity contribution in [2.75, 3.05) is 6.61 Å². The summed E-state index contributed by atoms with van der Waals surface area (Å²) in [6, 6.07) is 8.05. The van der Waals surface area contributed by atoms with Gasteiger partial charge in [0.15, 0.2) is 5.78 Å². The predicted molar refractivity (Wildman–Crippen MR) is 89.4 cm³/mol. The van der Waals surface area contributed by atoms with Crippen LogP contribution in [0.25, 0.3) is 22.0 Å². The number of nitrogens with zero attached hydrogens (tertiary/aromatic N) is 4. The topological polar surface area (TPSA) is 69.9 Å². The summed E-state index contributed by atoms with van der Waals surface area (Å²) in [5, 5.41) is 10.2. The fourth-order valence-corrected chi connectivity index (χ4v) is 3.05. The van der Waals surface area contributed by atoms with E-state index in [1.807, 2.05) is 37.6 Å². The molecule has 1 atom stereocenters. The molecule has 122 valence electrons. The number of ketones is 1. The van der Waals surface area contributed by atoms with E-state index >= 15 is 0 Å². The average molecular weight is 322 g/mol. The molecule has 0 bridgehead atoms. The quantitative estimate of drug-likeness (QED) is 0.737. The van der Waals surface area contributed by atoms with Gasteiger partial charge < -0.3 is 4.74 Å². The van der Waals surface area contributed by atoms with Crippen LogP contribution in [-0.2, 0) is 23.0 Å². The van der Waals surface area contributed by atoms with E-state index in [-0.39, 0.29) is 11.9 Å². The molecule has 0 N–H and O–H groups in total. The van der Waals surface area contributed by atoms with Crippen molar-refractivity contribution in [1.82, 2.24) is 20.0 Å². The zero-order valence-corrected chi connectivity index (χ0v) is 13.5. The van der Waals surface area contributed by atoms with Crippen molar-refractivity contribution in [1.29, 1.82) is 0 Å². The highest BCUT2D eigenvalue weighted by Crippen LogP contribution is 2.23. The van der Waals surface area contributed by atoms with E-state index in [0.29, 0.717) is 13.0 Å². The third kappa shape index (κ3) is 2.92. The summed E-state index contributed by atoms with van der Waals surface area (Å²) in [5.41, 5.74) is 2.60. The number of ether oxygens (including phenoxy) is 1. The number of carbonyl (C=O) groups excluding carboxylic acids is 1. The summed E-state index contributed by atoms with van der Waals surface area (Å²) in [6.45, 7) is 0.684. The normalized spacial score (nSPS) is 17.5. The summed E-state index contributed by atoms with van der Waals surface area (Å²) < 4.78 is 7.14. The smallest absolute Gasteiger partial charge is 0.167 e. The number of hydrogen-bond donors (Lipinski definition) is 0. The molecule has 3 heterocycles. The van der Waals surface area contributed by atoms with Gasteiger partial charge in [-0.3, -0.25) is 14.5 Å². The molecule has 0 aliphatic carbocycles. The maximum atomic E-state index is 12.3. The van der Waals surface area contributed by atoms with Crippen LogP contribution in [0, 0.1) is 0 Å². The molecule has 1 aliphatic heterocycles. The Morgan fingerprint density at radius 2 is 2.25 bits per heavy atom. The molecule has 6 nitrogen and oxygen atoms in total. The van der Waals surface area contributed by atoms with Crippen molar-refractivity contribution in [3.63, 3.8) is 0 Å². The van der Waals surface area contributed by atoms with Gasteiger partial charge in [-0.05, 0) is 30.4 Å². The lowest BCUT2D eigenvalue weighted by Crippen LogP contribution is -2.21. The van der Waals surface area contributed by atoms with Crippen molar-refractivity contribution in [3.8, 4) is 11.3 Å².